The van der Waals surface area contributed by atoms with Gasteiger partial charge in [0.2, 0.25) is 0 Å². The summed E-state index contributed by atoms with van der Waals surface area (Å²) < 4.78 is 0. The molecule has 0 saturated carbocycles. The lowest BCUT2D eigenvalue weighted by atomic mass is 10.1. The summed E-state index contributed by atoms with van der Waals surface area (Å²) in [7, 11) is 0. The number of hydrogen-bond acceptors (Lipinski definition) is 5. The van der Waals surface area contributed by atoms with Crippen molar-refractivity contribution in [2.24, 2.45) is 0 Å². The number of hydrogen-bond donors (Lipinski definition) is 1. The quantitative estimate of drug-likeness (QED) is 0.505. The molecule has 1 N–H and O–H groups in total. The topological polar surface area (TPSA) is 71.0 Å². The second kappa shape index (κ2) is 8.69. The van der Waals surface area contributed by atoms with Gasteiger partial charge in [0, 0.05) is 30.2 Å². The standard InChI is InChI=1S/C24H23N5O/c1-17(2)29(15-18-8-4-3-5-9-18)24(30)21-14-22(27-16-26-21)28-20-12-6-10-19-11-7-13-25-23(19)20/h3-14,16-17H,15H2,1-2H3,(H,26,27,28). The first-order valence-corrected chi connectivity index (χ1v) is 9.89. The van der Waals surface area contributed by atoms with Gasteiger partial charge in [0.1, 0.15) is 17.8 Å². The van der Waals surface area contributed by atoms with Crippen molar-refractivity contribution in [3.8, 4) is 0 Å². The van der Waals surface area contributed by atoms with Gasteiger partial charge in [-0.05, 0) is 31.5 Å². The first-order chi connectivity index (χ1) is 14.6. The van der Waals surface area contributed by atoms with Crippen LogP contribution in [0.25, 0.3) is 10.9 Å². The van der Waals surface area contributed by atoms with E-state index in [1.165, 1.54) is 6.33 Å². The highest BCUT2D eigenvalue weighted by molar-refractivity contribution is 5.94. The number of amides is 1. The van der Waals surface area contributed by atoms with E-state index in [0.717, 1.165) is 22.2 Å². The molecule has 4 rings (SSSR count). The third kappa shape index (κ3) is 4.27. The minimum atomic E-state index is -0.129. The number of nitrogens with one attached hydrogen (secondary N) is 1. The van der Waals surface area contributed by atoms with Gasteiger partial charge in [-0.25, -0.2) is 9.97 Å². The van der Waals surface area contributed by atoms with Gasteiger partial charge in [-0.2, -0.15) is 0 Å². The summed E-state index contributed by atoms with van der Waals surface area (Å²) >= 11 is 0. The van der Waals surface area contributed by atoms with Crippen LogP contribution in [-0.4, -0.2) is 31.8 Å². The molecule has 0 spiro atoms. The molecule has 2 heterocycles. The average molecular weight is 397 g/mol. The van der Waals surface area contributed by atoms with Crippen LogP contribution in [0.1, 0.15) is 29.9 Å². The molecule has 6 nitrogen and oxygen atoms in total. The fourth-order valence-corrected chi connectivity index (χ4v) is 3.30. The van der Waals surface area contributed by atoms with Crippen LogP contribution in [0, 0.1) is 0 Å². The second-order valence-corrected chi connectivity index (χ2v) is 7.31. The predicted molar refractivity (Wildman–Crippen MR) is 119 cm³/mol. The lowest BCUT2D eigenvalue weighted by Crippen LogP contribution is -2.36. The zero-order valence-corrected chi connectivity index (χ0v) is 17.0. The maximum Gasteiger partial charge on any atom is 0.273 e. The fraction of sp³-hybridized carbons (Fsp3) is 0.167. The molecule has 0 radical (unpaired) electrons. The van der Waals surface area contributed by atoms with Gasteiger partial charge in [0.15, 0.2) is 0 Å². The lowest BCUT2D eigenvalue weighted by Gasteiger charge is -2.26. The Kier molecular flexibility index (Phi) is 5.66. The number of fused-ring (bicyclic) bond motifs is 1. The van der Waals surface area contributed by atoms with Crippen LogP contribution >= 0.6 is 0 Å². The van der Waals surface area contributed by atoms with Gasteiger partial charge in [0.05, 0.1) is 11.2 Å². The number of nitrogens with zero attached hydrogens (tertiary/aromatic N) is 4. The van der Waals surface area contributed by atoms with Crippen molar-refractivity contribution in [1.29, 1.82) is 0 Å². The number of para-hydroxylation sites is 1. The van der Waals surface area contributed by atoms with Crippen molar-refractivity contribution in [3.05, 3.63) is 90.5 Å². The van der Waals surface area contributed by atoms with E-state index in [2.05, 4.69) is 20.3 Å². The normalized spacial score (nSPS) is 10.9. The van der Waals surface area contributed by atoms with Crippen LogP contribution < -0.4 is 5.32 Å². The van der Waals surface area contributed by atoms with Gasteiger partial charge >= 0.3 is 0 Å². The minimum Gasteiger partial charge on any atom is -0.338 e. The number of carbonyl (C=O) groups excluding carboxylic acids is 1. The smallest absolute Gasteiger partial charge is 0.273 e. The van der Waals surface area contributed by atoms with E-state index < -0.39 is 0 Å². The number of pyridine rings is 1. The van der Waals surface area contributed by atoms with Crippen LogP contribution in [0.5, 0.6) is 0 Å². The van der Waals surface area contributed by atoms with Crippen molar-refractivity contribution >= 4 is 28.3 Å². The number of aromatic nitrogens is 3. The maximum atomic E-state index is 13.2. The first kappa shape index (κ1) is 19.5. The molecule has 6 heteroatoms. The molecule has 1 amide bonds. The minimum absolute atomic E-state index is 0.0337. The molecule has 0 fully saturated rings. The van der Waals surface area contributed by atoms with E-state index in [9.17, 15) is 4.79 Å². The van der Waals surface area contributed by atoms with Gasteiger partial charge < -0.3 is 10.2 Å². The Labute approximate surface area is 175 Å². The lowest BCUT2D eigenvalue weighted by molar-refractivity contribution is 0.0684. The zero-order chi connectivity index (χ0) is 20.9. The van der Waals surface area contributed by atoms with Gasteiger partial charge in [-0.1, -0.05) is 48.5 Å². The highest BCUT2D eigenvalue weighted by atomic mass is 16.2. The summed E-state index contributed by atoms with van der Waals surface area (Å²) in [4.78, 5) is 28.0. The largest absolute Gasteiger partial charge is 0.338 e. The molecule has 0 saturated heterocycles. The Balaban J connectivity index is 1.59. The molecule has 150 valence electrons. The van der Waals surface area contributed by atoms with Crippen LogP contribution in [-0.2, 0) is 6.54 Å². The Morgan fingerprint density at radius 3 is 2.57 bits per heavy atom. The SMILES string of the molecule is CC(C)N(Cc1ccccc1)C(=O)c1cc(Nc2cccc3cccnc23)ncn1. The summed E-state index contributed by atoms with van der Waals surface area (Å²) in [6, 6.07) is 21.5. The van der Waals surface area contributed by atoms with Gasteiger partial charge in [0.25, 0.3) is 5.91 Å². The molecule has 2 aromatic heterocycles. The fourth-order valence-electron chi connectivity index (χ4n) is 3.30. The molecule has 2 aromatic carbocycles. The van der Waals surface area contributed by atoms with E-state index in [1.807, 2.05) is 74.5 Å². The monoisotopic (exact) mass is 397 g/mol. The molecule has 0 aliphatic rings. The second-order valence-electron chi connectivity index (χ2n) is 7.31. The van der Waals surface area contributed by atoms with Crippen LogP contribution in [0.4, 0.5) is 11.5 Å². The molecule has 0 atom stereocenters. The molecule has 4 aromatic rings. The Hall–Kier alpha value is -3.80. The predicted octanol–water partition coefficient (Wildman–Crippen LogP) is 4.82. The van der Waals surface area contributed by atoms with E-state index >= 15 is 0 Å². The number of rotatable bonds is 6. The van der Waals surface area contributed by atoms with Gasteiger partial charge in [-0.3, -0.25) is 9.78 Å². The summed E-state index contributed by atoms with van der Waals surface area (Å²) in [6.45, 7) is 4.53. The Bertz CT molecular complexity index is 1160. The van der Waals surface area contributed by atoms with Crippen molar-refractivity contribution in [1.82, 2.24) is 19.9 Å². The maximum absolute atomic E-state index is 13.2. The van der Waals surface area contributed by atoms with E-state index in [-0.39, 0.29) is 11.9 Å². The molecule has 0 bridgehead atoms. The zero-order valence-electron chi connectivity index (χ0n) is 17.0. The van der Waals surface area contributed by atoms with Crippen molar-refractivity contribution in [2.45, 2.75) is 26.4 Å². The molecular formula is C24H23N5O. The molecule has 0 aliphatic heterocycles. The highest BCUT2D eigenvalue weighted by Crippen LogP contribution is 2.24. The number of carbonyl (C=O) groups is 1. The third-order valence-electron chi connectivity index (χ3n) is 4.86. The third-order valence-corrected chi connectivity index (χ3v) is 4.86. The van der Waals surface area contributed by atoms with Crippen molar-refractivity contribution < 1.29 is 4.79 Å². The van der Waals surface area contributed by atoms with Crippen molar-refractivity contribution in [2.75, 3.05) is 5.32 Å². The molecular weight excluding hydrogens is 374 g/mol. The average Bonchev–Trinajstić information content (AvgIpc) is 2.78. The Morgan fingerprint density at radius 1 is 0.967 bits per heavy atom. The summed E-state index contributed by atoms with van der Waals surface area (Å²) in [6.07, 6.45) is 3.17. The summed E-state index contributed by atoms with van der Waals surface area (Å²) in [5.74, 6) is 0.422. The van der Waals surface area contributed by atoms with E-state index in [1.54, 1.807) is 17.2 Å². The van der Waals surface area contributed by atoms with E-state index in [4.69, 9.17) is 0 Å². The van der Waals surface area contributed by atoms with Crippen molar-refractivity contribution in [3.63, 3.8) is 0 Å². The van der Waals surface area contributed by atoms with Crippen LogP contribution in [0.3, 0.4) is 0 Å². The first-order valence-electron chi connectivity index (χ1n) is 9.89. The summed E-state index contributed by atoms with van der Waals surface area (Å²) in [5.41, 5.74) is 3.11. The molecule has 0 aliphatic carbocycles. The number of anilines is 2. The van der Waals surface area contributed by atoms with Gasteiger partial charge in [-0.15, -0.1) is 0 Å². The van der Waals surface area contributed by atoms with Crippen LogP contribution in [0.15, 0.2) is 79.3 Å². The molecule has 0 unspecified atom stereocenters. The van der Waals surface area contributed by atoms with Crippen LogP contribution in [0.2, 0.25) is 0 Å². The summed E-state index contributed by atoms with van der Waals surface area (Å²) in [5, 5.41) is 4.31. The Morgan fingerprint density at radius 2 is 1.77 bits per heavy atom. The highest BCUT2D eigenvalue weighted by Gasteiger charge is 2.21. The number of benzene rings is 2. The molecule has 30 heavy (non-hydrogen) atoms. The van der Waals surface area contributed by atoms with E-state index in [0.29, 0.717) is 18.1 Å².